The molecule has 4 heteroatoms. The van der Waals surface area contributed by atoms with Gasteiger partial charge in [0.25, 0.3) is 0 Å². The van der Waals surface area contributed by atoms with E-state index in [9.17, 15) is 4.39 Å². The van der Waals surface area contributed by atoms with Crippen LogP contribution in [0.2, 0.25) is 5.02 Å². The molecule has 0 radical (unpaired) electrons. The molecular formula is C16H18ClFN2. The van der Waals surface area contributed by atoms with E-state index in [4.69, 9.17) is 17.3 Å². The van der Waals surface area contributed by atoms with E-state index in [2.05, 4.69) is 0 Å². The van der Waals surface area contributed by atoms with Crippen molar-refractivity contribution in [2.75, 3.05) is 11.9 Å². The van der Waals surface area contributed by atoms with E-state index < -0.39 is 0 Å². The Balaban J connectivity index is 2.24. The zero-order valence-electron chi connectivity index (χ0n) is 11.6. The average Bonchev–Trinajstić information content (AvgIpc) is 2.41. The molecule has 1 atom stereocenters. The maximum Gasteiger partial charge on any atom is 0.123 e. The molecule has 106 valence electrons. The molecule has 2 N–H and O–H groups in total. The first-order chi connectivity index (χ1) is 9.47. The van der Waals surface area contributed by atoms with Gasteiger partial charge in [0.05, 0.1) is 0 Å². The van der Waals surface area contributed by atoms with Gasteiger partial charge in [0.2, 0.25) is 0 Å². The molecule has 0 aliphatic carbocycles. The maximum atomic E-state index is 12.9. The van der Waals surface area contributed by atoms with E-state index in [1.54, 1.807) is 12.1 Å². The van der Waals surface area contributed by atoms with Gasteiger partial charge in [0.1, 0.15) is 5.82 Å². The first kappa shape index (κ1) is 14.8. The molecule has 0 aliphatic rings. The summed E-state index contributed by atoms with van der Waals surface area (Å²) in [7, 11) is 1.92. The molecule has 2 nitrogen and oxygen atoms in total. The Kier molecular flexibility index (Phi) is 4.63. The lowest BCUT2D eigenvalue weighted by atomic mass is 10.1. The van der Waals surface area contributed by atoms with Crippen LogP contribution >= 0.6 is 11.6 Å². The van der Waals surface area contributed by atoms with Crippen molar-refractivity contribution >= 4 is 23.0 Å². The van der Waals surface area contributed by atoms with Crippen molar-refractivity contribution < 1.29 is 4.39 Å². The minimum absolute atomic E-state index is 0.0770. The molecule has 0 heterocycles. The van der Waals surface area contributed by atoms with Crippen LogP contribution in [-0.4, -0.2) is 13.1 Å². The third-order valence-electron chi connectivity index (χ3n) is 3.18. The van der Waals surface area contributed by atoms with Gasteiger partial charge >= 0.3 is 0 Å². The van der Waals surface area contributed by atoms with Crippen molar-refractivity contribution in [1.29, 1.82) is 0 Å². The lowest BCUT2D eigenvalue weighted by molar-refractivity contribution is 0.628. The van der Waals surface area contributed by atoms with E-state index in [1.165, 1.54) is 12.1 Å². The summed E-state index contributed by atoms with van der Waals surface area (Å²) in [4.78, 5) is 1.96. The van der Waals surface area contributed by atoms with Gasteiger partial charge in [-0.05, 0) is 55.3 Å². The molecule has 20 heavy (non-hydrogen) atoms. The van der Waals surface area contributed by atoms with Gasteiger partial charge in [0, 0.05) is 29.5 Å². The van der Waals surface area contributed by atoms with Gasteiger partial charge in [0.15, 0.2) is 0 Å². The second kappa shape index (κ2) is 6.25. The number of hydrogen-bond donors (Lipinski definition) is 1. The Morgan fingerprint density at radius 3 is 2.30 bits per heavy atom. The summed E-state index contributed by atoms with van der Waals surface area (Å²) in [5.74, 6) is -0.243. The first-order valence-corrected chi connectivity index (χ1v) is 6.88. The Bertz CT molecular complexity index is 582. The zero-order chi connectivity index (χ0) is 14.7. The van der Waals surface area contributed by atoms with Crippen molar-refractivity contribution in [3.05, 3.63) is 58.9 Å². The smallest absolute Gasteiger partial charge is 0.123 e. The Morgan fingerprint density at radius 1 is 1.15 bits per heavy atom. The van der Waals surface area contributed by atoms with E-state index in [0.29, 0.717) is 5.02 Å². The summed E-state index contributed by atoms with van der Waals surface area (Å²) in [5.41, 5.74) is 8.69. The second-order valence-corrected chi connectivity index (χ2v) is 5.40. The third-order valence-corrected chi connectivity index (χ3v) is 3.53. The zero-order valence-corrected chi connectivity index (χ0v) is 12.4. The monoisotopic (exact) mass is 292 g/mol. The number of anilines is 2. The van der Waals surface area contributed by atoms with Crippen molar-refractivity contribution in [2.45, 2.75) is 19.4 Å². The van der Waals surface area contributed by atoms with Gasteiger partial charge in [-0.15, -0.1) is 0 Å². The van der Waals surface area contributed by atoms with Crippen LogP contribution in [0.3, 0.4) is 0 Å². The normalized spacial score (nSPS) is 12.2. The van der Waals surface area contributed by atoms with E-state index in [0.717, 1.165) is 23.4 Å². The van der Waals surface area contributed by atoms with E-state index in [-0.39, 0.29) is 11.9 Å². The molecule has 0 saturated carbocycles. The molecule has 0 fully saturated rings. The van der Waals surface area contributed by atoms with Crippen molar-refractivity contribution in [3.63, 3.8) is 0 Å². The highest BCUT2D eigenvalue weighted by Crippen LogP contribution is 2.28. The van der Waals surface area contributed by atoms with Crippen LogP contribution in [0.1, 0.15) is 12.5 Å². The fourth-order valence-electron chi connectivity index (χ4n) is 2.07. The van der Waals surface area contributed by atoms with E-state index in [1.807, 2.05) is 37.1 Å². The lowest BCUT2D eigenvalue weighted by Gasteiger charge is -2.20. The topological polar surface area (TPSA) is 29.3 Å². The molecule has 2 aromatic rings. The van der Waals surface area contributed by atoms with Gasteiger partial charge in [-0.25, -0.2) is 4.39 Å². The Morgan fingerprint density at radius 2 is 1.75 bits per heavy atom. The van der Waals surface area contributed by atoms with Crippen LogP contribution in [0, 0.1) is 5.82 Å². The molecule has 0 spiro atoms. The minimum atomic E-state index is -0.243. The number of benzene rings is 2. The number of hydrogen-bond acceptors (Lipinski definition) is 2. The molecule has 2 aromatic carbocycles. The molecule has 2 rings (SSSR count). The fraction of sp³-hybridized carbons (Fsp3) is 0.250. The summed E-state index contributed by atoms with van der Waals surface area (Å²) in [6.45, 7) is 1.95. The van der Waals surface area contributed by atoms with Crippen LogP contribution in [-0.2, 0) is 6.42 Å². The highest BCUT2D eigenvalue weighted by Gasteiger charge is 2.08. The molecule has 0 amide bonds. The standard InChI is InChI=1S/C16H18ClFN2/c1-11(19)9-12-3-6-15(10-16(12)17)20(2)14-7-4-13(18)5-8-14/h3-8,10-11H,9,19H2,1-2H3. The third kappa shape index (κ3) is 3.50. The Hall–Kier alpha value is -1.58. The van der Waals surface area contributed by atoms with Gasteiger partial charge < -0.3 is 10.6 Å². The van der Waals surface area contributed by atoms with Gasteiger partial charge in [-0.2, -0.15) is 0 Å². The maximum absolute atomic E-state index is 12.9. The Labute approximate surface area is 124 Å². The molecular weight excluding hydrogens is 275 g/mol. The average molecular weight is 293 g/mol. The lowest BCUT2D eigenvalue weighted by Crippen LogP contribution is -2.18. The van der Waals surface area contributed by atoms with Crippen molar-refractivity contribution in [3.8, 4) is 0 Å². The fourth-order valence-corrected chi connectivity index (χ4v) is 2.32. The predicted molar refractivity (Wildman–Crippen MR) is 83.3 cm³/mol. The predicted octanol–water partition coefficient (Wildman–Crippen LogP) is 4.14. The number of nitrogens with zero attached hydrogens (tertiary/aromatic N) is 1. The van der Waals surface area contributed by atoms with Crippen molar-refractivity contribution in [1.82, 2.24) is 0 Å². The van der Waals surface area contributed by atoms with Crippen LogP contribution in [0.4, 0.5) is 15.8 Å². The first-order valence-electron chi connectivity index (χ1n) is 6.50. The minimum Gasteiger partial charge on any atom is -0.345 e. The molecule has 0 aromatic heterocycles. The van der Waals surface area contributed by atoms with Crippen LogP contribution in [0.25, 0.3) is 0 Å². The number of rotatable bonds is 4. The van der Waals surface area contributed by atoms with Crippen LogP contribution in [0.5, 0.6) is 0 Å². The van der Waals surface area contributed by atoms with E-state index >= 15 is 0 Å². The SMILES string of the molecule is CC(N)Cc1ccc(N(C)c2ccc(F)cc2)cc1Cl. The summed E-state index contributed by atoms with van der Waals surface area (Å²) < 4.78 is 12.9. The van der Waals surface area contributed by atoms with Crippen molar-refractivity contribution in [2.24, 2.45) is 5.73 Å². The van der Waals surface area contributed by atoms with Crippen LogP contribution < -0.4 is 10.6 Å². The quantitative estimate of drug-likeness (QED) is 0.918. The van der Waals surface area contributed by atoms with Crippen LogP contribution in [0.15, 0.2) is 42.5 Å². The molecule has 0 saturated heterocycles. The summed E-state index contributed by atoms with van der Waals surface area (Å²) >= 11 is 6.29. The highest BCUT2D eigenvalue weighted by molar-refractivity contribution is 6.31. The van der Waals surface area contributed by atoms with Gasteiger partial charge in [-0.1, -0.05) is 17.7 Å². The molecule has 0 bridgehead atoms. The molecule has 1 unspecified atom stereocenters. The summed E-state index contributed by atoms with van der Waals surface area (Å²) in [6, 6.07) is 12.3. The number of nitrogens with two attached hydrogens (primary N) is 1. The van der Waals surface area contributed by atoms with Gasteiger partial charge in [-0.3, -0.25) is 0 Å². The molecule has 0 aliphatic heterocycles. The largest absolute Gasteiger partial charge is 0.345 e. The summed E-state index contributed by atoms with van der Waals surface area (Å²) in [5, 5.41) is 0.703. The highest BCUT2D eigenvalue weighted by atomic mass is 35.5. The second-order valence-electron chi connectivity index (χ2n) is 4.99. The number of halogens is 2. The summed E-state index contributed by atoms with van der Waals surface area (Å²) in [6.07, 6.45) is 0.749.